The minimum Gasteiger partial charge on any atom is -0.313 e. The molecule has 0 aromatic heterocycles. The Hall–Kier alpha value is -0.820. The molecule has 0 amide bonds. The van der Waals surface area contributed by atoms with Gasteiger partial charge in [0.1, 0.15) is 0 Å². The highest BCUT2D eigenvalue weighted by atomic mass is 14.9. The monoisotopic (exact) mass is 217 g/mol. The molecule has 0 saturated heterocycles. The minimum atomic E-state index is 0.762. The van der Waals surface area contributed by atoms with Crippen molar-refractivity contribution in [2.75, 3.05) is 6.54 Å². The molecule has 1 aliphatic carbocycles. The lowest BCUT2D eigenvalue weighted by atomic mass is 9.86. The molecule has 1 aromatic carbocycles. The topological polar surface area (TPSA) is 12.0 Å². The van der Waals surface area contributed by atoms with Gasteiger partial charge in [0.2, 0.25) is 0 Å². The highest BCUT2D eigenvalue weighted by Crippen LogP contribution is 2.23. The standard InChI is InChI=1S/C15H23N/c1-13-7-5-6-10-15(13)16-12-11-14-8-3-2-4-9-14/h2-4,8-9,13,15-16H,5-7,10-12H2,1H3/t13?,15-/m0/s1. The van der Waals surface area contributed by atoms with Crippen LogP contribution >= 0.6 is 0 Å². The summed E-state index contributed by atoms with van der Waals surface area (Å²) in [6, 6.07) is 11.5. The molecule has 16 heavy (non-hydrogen) atoms. The van der Waals surface area contributed by atoms with Gasteiger partial charge in [-0.1, -0.05) is 50.1 Å². The van der Waals surface area contributed by atoms with Crippen LogP contribution in [-0.2, 0) is 6.42 Å². The number of hydrogen-bond acceptors (Lipinski definition) is 1. The number of hydrogen-bond donors (Lipinski definition) is 1. The van der Waals surface area contributed by atoms with Crippen molar-refractivity contribution in [3.05, 3.63) is 35.9 Å². The molecule has 0 spiro atoms. The van der Waals surface area contributed by atoms with Gasteiger partial charge in [-0.2, -0.15) is 0 Å². The zero-order valence-electron chi connectivity index (χ0n) is 10.3. The van der Waals surface area contributed by atoms with E-state index in [-0.39, 0.29) is 0 Å². The molecule has 1 fully saturated rings. The molecular weight excluding hydrogens is 194 g/mol. The summed E-state index contributed by atoms with van der Waals surface area (Å²) < 4.78 is 0. The second kappa shape index (κ2) is 6.05. The molecule has 1 nitrogen and oxygen atoms in total. The van der Waals surface area contributed by atoms with Crippen LogP contribution in [0.2, 0.25) is 0 Å². The SMILES string of the molecule is CC1CCCC[C@@H]1NCCc1ccccc1. The normalized spacial score (nSPS) is 25.6. The molecule has 0 radical (unpaired) electrons. The van der Waals surface area contributed by atoms with E-state index in [1.54, 1.807) is 0 Å². The predicted octanol–water partition coefficient (Wildman–Crippen LogP) is 3.40. The van der Waals surface area contributed by atoms with Crippen LogP contribution in [0.25, 0.3) is 0 Å². The molecule has 0 bridgehead atoms. The van der Waals surface area contributed by atoms with Crippen molar-refractivity contribution >= 4 is 0 Å². The molecule has 2 rings (SSSR count). The number of nitrogens with one attached hydrogen (secondary N) is 1. The summed E-state index contributed by atoms with van der Waals surface area (Å²) in [6.45, 7) is 3.51. The lowest BCUT2D eigenvalue weighted by Gasteiger charge is -2.29. The van der Waals surface area contributed by atoms with Gasteiger partial charge in [-0.15, -0.1) is 0 Å². The second-order valence-electron chi connectivity index (χ2n) is 5.06. The van der Waals surface area contributed by atoms with Crippen LogP contribution in [0.4, 0.5) is 0 Å². The number of rotatable bonds is 4. The summed E-state index contributed by atoms with van der Waals surface area (Å²) in [5, 5.41) is 3.72. The smallest absolute Gasteiger partial charge is 0.00928 e. The van der Waals surface area contributed by atoms with Crippen LogP contribution in [0.1, 0.15) is 38.2 Å². The van der Waals surface area contributed by atoms with Gasteiger partial charge in [-0.05, 0) is 37.3 Å². The van der Waals surface area contributed by atoms with E-state index in [1.165, 1.54) is 31.2 Å². The Labute approximate surface area is 99.3 Å². The van der Waals surface area contributed by atoms with Gasteiger partial charge in [-0.25, -0.2) is 0 Å². The van der Waals surface area contributed by atoms with Crippen LogP contribution in [-0.4, -0.2) is 12.6 Å². The fourth-order valence-electron chi connectivity index (χ4n) is 2.67. The fourth-order valence-corrected chi connectivity index (χ4v) is 2.67. The van der Waals surface area contributed by atoms with Crippen molar-refractivity contribution in [2.45, 2.75) is 45.1 Å². The molecule has 1 N–H and O–H groups in total. The Morgan fingerprint density at radius 2 is 1.88 bits per heavy atom. The molecule has 1 aliphatic rings. The first-order valence-corrected chi connectivity index (χ1v) is 6.63. The van der Waals surface area contributed by atoms with E-state index in [0.29, 0.717) is 0 Å². The first-order chi connectivity index (χ1) is 7.86. The Morgan fingerprint density at radius 1 is 1.12 bits per heavy atom. The maximum Gasteiger partial charge on any atom is 0.00928 e. The quantitative estimate of drug-likeness (QED) is 0.815. The molecule has 0 heterocycles. The van der Waals surface area contributed by atoms with Crippen LogP contribution < -0.4 is 5.32 Å². The average molecular weight is 217 g/mol. The summed E-state index contributed by atoms with van der Waals surface area (Å²) in [5.41, 5.74) is 1.44. The zero-order valence-corrected chi connectivity index (χ0v) is 10.3. The average Bonchev–Trinajstić information content (AvgIpc) is 2.33. The molecule has 0 aliphatic heterocycles. The van der Waals surface area contributed by atoms with Gasteiger partial charge in [0.05, 0.1) is 0 Å². The highest BCUT2D eigenvalue weighted by Gasteiger charge is 2.19. The van der Waals surface area contributed by atoms with Crippen LogP contribution in [0.15, 0.2) is 30.3 Å². The predicted molar refractivity (Wildman–Crippen MR) is 69.6 cm³/mol. The fraction of sp³-hybridized carbons (Fsp3) is 0.600. The molecule has 2 atom stereocenters. The van der Waals surface area contributed by atoms with E-state index in [1.807, 2.05) is 0 Å². The third kappa shape index (κ3) is 3.34. The van der Waals surface area contributed by atoms with Crippen molar-refractivity contribution in [2.24, 2.45) is 5.92 Å². The molecule has 1 unspecified atom stereocenters. The molecule has 1 heteroatoms. The largest absolute Gasteiger partial charge is 0.313 e. The first kappa shape index (κ1) is 11.7. The zero-order chi connectivity index (χ0) is 11.2. The molecule has 1 saturated carbocycles. The summed E-state index contributed by atoms with van der Waals surface area (Å²) in [4.78, 5) is 0. The van der Waals surface area contributed by atoms with Gasteiger partial charge in [-0.3, -0.25) is 0 Å². The van der Waals surface area contributed by atoms with Crippen LogP contribution in [0.3, 0.4) is 0 Å². The lowest BCUT2D eigenvalue weighted by Crippen LogP contribution is -2.38. The van der Waals surface area contributed by atoms with Gasteiger partial charge in [0.15, 0.2) is 0 Å². The molecule has 1 aromatic rings. The summed E-state index contributed by atoms with van der Waals surface area (Å²) in [7, 11) is 0. The van der Waals surface area contributed by atoms with Crippen molar-refractivity contribution in [1.29, 1.82) is 0 Å². The third-order valence-corrected chi connectivity index (χ3v) is 3.77. The highest BCUT2D eigenvalue weighted by molar-refractivity contribution is 5.14. The Balaban J connectivity index is 1.71. The molecule has 88 valence electrons. The lowest BCUT2D eigenvalue weighted by molar-refractivity contribution is 0.282. The Bertz CT molecular complexity index is 294. The van der Waals surface area contributed by atoms with Gasteiger partial charge >= 0.3 is 0 Å². The van der Waals surface area contributed by atoms with Gasteiger partial charge in [0, 0.05) is 6.04 Å². The maximum absolute atomic E-state index is 3.72. The van der Waals surface area contributed by atoms with Crippen LogP contribution in [0.5, 0.6) is 0 Å². The minimum absolute atomic E-state index is 0.762. The van der Waals surface area contributed by atoms with Crippen molar-refractivity contribution in [3.8, 4) is 0 Å². The molecular formula is C15H23N. The van der Waals surface area contributed by atoms with E-state index in [9.17, 15) is 0 Å². The summed E-state index contributed by atoms with van der Waals surface area (Å²) >= 11 is 0. The van der Waals surface area contributed by atoms with Crippen molar-refractivity contribution in [3.63, 3.8) is 0 Å². The Morgan fingerprint density at radius 3 is 2.62 bits per heavy atom. The van der Waals surface area contributed by atoms with E-state index < -0.39 is 0 Å². The van der Waals surface area contributed by atoms with E-state index in [4.69, 9.17) is 0 Å². The maximum atomic E-state index is 3.72. The van der Waals surface area contributed by atoms with E-state index >= 15 is 0 Å². The van der Waals surface area contributed by atoms with E-state index in [0.717, 1.165) is 24.9 Å². The third-order valence-electron chi connectivity index (χ3n) is 3.77. The van der Waals surface area contributed by atoms with Crippen molar-refractivity contribution < 1.29 is 0 Å². The summed E-state index contributed by atoms with van der Waals surface area (Å²) in [6.07, 6.45) is 6.77. The van der Waals surface area contributed by atoms with Crippen LogP contribution in [0, 0.1) is 5.92 Å². The second-order valence-corrected chi connectivity index (χ2v) is 5.06. The summed E-state index contributed by atoms with van der Waals surface area (Å²) in [5.74, 6) is 0.865. The van der Waals surface area contributed by atoms with Gasteiger partial charge in [0.25, 0.3) is 0 Å². The van der Waals surface area contributed by atoms with Gasteiger partial charge < -0.3 is 5.32 Å². The Kier molecular flexibility index (Phi) is 4.41. The van der Waals surface area contributed by atoms with Crippen molar-refractivity contribution in [1.82, 2.24) is 5.32 Å². The number of benzene rings is 1. The van der Waals surface area contributed by atoms with E-state index in [2.05, 4.69) is 42.6 Å². The first-order valence-electron chi connectivity index (χ1n) is 6.63.